The highest BCUT2D eigenvalue weighted by molar-refractivity contribution is 7.18. The summed E-state index contributed by atoms with van der Waals surface area (Å²) in [7, 11) is 0. The molecule has 0 spiro atoms. The molecule has 0 fully saturated rings. The summed E-state index contributed by atoms with van der Waals surface area (Å²) >= 11 is 1.59. The van der Waals surface area contributed by atoms with Gasteiger partial charge in [-0.15, -0.1) is 11.3 Å². The van der Waals surface area contributed by atoms with Crippen LogP contribution in [0.25, 0.3) is 10.2 Å². The van der Waals surface area contributed by atoms with Crippen LogP contribution in [0.3, 0.4) is 0 Å². The van der Waals surface area contributed by atoms with Crippen LogP contribution in [0.4, 0.5) is 0 Å². The lowest BCUT2D eigenvalue weighted by Crippen LogP contribution is -2.27. The minimum absolute atomic E-state index is 0.0341. The van der Waals surface area contributed by atoms with Crippen molar-refractivity contribution in [3.8, 4) is 0 Å². The summed E-state index contributed by atoms with van der Waals surface area (Å²) in [6, 6.07) is 17.0. The van der Waals surface area contributed by atoms with Gasteiger partial charge in [0.1, 0.15) is 5.01 Å². The number of para-hydroxylation sites is 1. The molecule has 0 radical (unpaired) electrons. The molecule has 3 rings (SSSR count). The van der Waals surface area contributed by atoms with Gasteiger partial charge in [0.25, 0.3) is 5.91 Å². The van der Waals surface area contributed by atoms with Crippen LogP contribution >= 0.6 is 11.3 Å². The van der Waals surface area contributed by atoms with Crippen LogP contribution in [0, 0.1) is 0 Å². The van der Waals surface area contributed by atoms with Crippen molar-refractivity contribution in [3.05, 3.63) is 65.2 Å². The van der Waals surface area contributed by atoms with Crippen molar-refractivity contribution in [2.75, 3.05) is 6.54 Å². The lowest BCUT2D eigenvalue weighted by Gasteiger charge is -2.05. The lowest BCUT2D eigenvalue weighted by molar-refractivity contribution is -0.121. The topological polar surface area (TPSA) is 71.1 Å². The number of nitrogens with zero attached hydrogens (tertiary/aromatic N) is 1. The van der Waals surface area contributed by atoms with E-state index in [1.165, 1.54) is 0 Å². The van der Waals surface area contributed by atoms with Gasteiger partial charge < -0.3 is 10.6 Å². The fourth-order valence-electron chi connectivity index (χ4n) is 2.40. The van der Waals surface area contributed by atoms with E-state index in [2.05, 4.69) is 15.6 Å². The van der Waals surface area contributed by atoms with Crippen LogP contribution in [-0.4, -0.2) is 23.3 Å². The van der Waals surface area contributed by atoms with Crippen molar-refractivity contribution < 1.29 is 9.59 Å². The Morgan fingerprint density at radius 2 is 1.72 bits per heavy atom. The van der Waals surface area contributed by atoms with E-state index in [1.54, 1.807) is 23.5 Å². The van der Waals surface area contributed by atoms with E-state index in [4.69, 9.17) is 0 Å². The molecule has 0 aliphatic heterocycles. The molecule has 0 saturated heterocycles. The molecule has 0 bridgehead atoms. The summed E-state index contributed by atoms with van der Waals surface area (Å²) in [5, 5.41) is 6.59. The molecule has 128 valence electrons. The van der Waals surface area contributed by atoms with Crippen molar-refractivity contribution in [1.82, 2.24) is 15.6 Å². The molecule has 0 unspecified atom stereocenters. The summed E-state index contributed by atoms with van der Waals surface area (Å²) in [6.45, 7) is 0.914. The highest BCUT2D eigenvalue weighted by Crippen LogP contribution is 2.21. The first kappa shape index (κ1) is 17.1. The monoisotopic (exact) mass is 353 g/mol. The van der Waals surface area contributed by atoms with E-state index in [-0.39, 0.29) is 11.8 Å². The van der Waals surface area contributed by atoms with Gasteiger partial charge in [0.15, 0.2) is 0 Å². The summed E-state index contributed by atoms with van der Waals surface area (Å²) in [5.74, 6) is -0.149. The van der Waals surface area contributed by atoms with Gasteiger partial charge in [-0.3, -0.25) is 9.59 Å². The minimum Gasteiger partial charge on any atom is -0.352 e. The second-order valence-corrected chi connectivity index (χ2v) is 6.69. The number of benzene rings is 2. The normalized spacial score (nSPS) is 10.6. The lowest BCUT2D eigenvalue weighted by atomic mass is 10.2. The Labute approximate surface area is 150 Å². The van der Waals surface area contributed by atoms with Crippen LogP contribution in [-0.2, 0) is 11.3 Å². The smallest absolute Gasteiger partial charge is 0.251 e. The number of carbonyl (C=O) groups is 2. The van der Waals surface area contributed by atoms with Gasteiger partial charge >= 0.3 is 0 Å². The Bertz CT molecular complexity index is 828. The number of hydrogen-bond donors (Lipinski definition) is 2. The fraction of sp³-hybridized carbons (Fsp3) is 0.211. The molecule has 1 aromatic heterocycles. The largest absolute Gasteiger partial charge is 0.352 e. The molecule has 2 N–H and O–H groups in total. The first-order valence-corrected chi connectivity index (χ1v) is 8.98. The Hall–Kier alpha value is -2.73. The molecule has 0 aliphatic carbocycles. The maximum atomic E-state index is 11.9. The van der Waals surface area contributed by atoms with E-state index < -0.39 is 0 Å². The molecule has 5 nitrogen and oxygen atoms in total. The molecule has 2 aromatic carbocycles. The van der Waals surface area contributed by atoms with Gasteiger partial charge in [0, 0.05) is 18.5 Å². The third kappa shape index (κ3) is 4.87. The van der Waals surface area contributed by atoms with E-state index in [1.807, 2.05) is 42.5 Å². The molecular formula is C19H19N3O2S. The van der Waals surface area contributed by atoms with Gasteiger partial charge in [-0.2, -0.15) is 0 Å². The molecule has 0 aliphatic rings. The molecule has 25 heavy (non-hydrogen) atoms. The highest BCUT2D eigenvalue weighted by atomic mass is 32.1. The second kappa shape index (κ2) is 8.39. The Balaban J connectivity index is 1.36. The average molecular weight is 353 g/mol. The molecule has 6 heteroatoms. The van der Waals surface area contributed by atoms with Crippen LogP contribution < -0.4 is 10.6 Å². The Morgan fingerprint density at radius 3 is 2.52 bits per heavy atom. The van der Waals surface area contributed by atoms with Gasteiger partial charge in [-0.05, 0) is 30.7 Å². The van der Waals surface area contributed by atoms with E-state index in [0.29, 0.717) is 31.5 Å². The van der Waals surface area contributed by atoms with Crippen LogP contribution in [0.5, 0.6) is 0 Å². The van der Waals surface area contributed by atoms with Crippen molar-refractivity contribution in [1.29, 1.82) is 0 Å². The summed E-state index contributed by atoms with van der Waals surface area (Å²) in [5.41, 5.74) is 1.59. The molecule has 1 heterocycles. The highest BCUT2D eigenvalue weighted by Gasteiger charge is 2.07. The number of amides is 2. The summed E-state index contributed by atoms with van der Waals surface area (Å²) < 4.78 is 1.12. The molecule has 3 aromatic rings. The van der Waals surface area contributed by atoms with Crippen molar-refractivity contribution >= 4 is 33.4 Å². The van der Waals surface area contributed by atoms with Gasteiger partial charge in [-0.1, -0.05) is 30.3 Å². The molecule has 2 amide bonds. The zero-order valence-corrected chi connectivity index (χ0v) is 14.5. The number of carbonyl (C=O) groups excluding carboxylic acids is 2. The molecule has 0 saturated carbocycles. The first-order valence-electron chi connectivity index (χ1n) is 8.17. The standard InChI is InChI=1S/C19H19N3O2S/c23-17(11-6-12-20-19(24)14-7-2-1-3-8-14)21-13-18-22-15-9-4-5-10-16(15)25-18/h1-5,7-10H,6,11-13H2,(H,20,24)(H,21,23). The van der Waals surface area contributed by atoms with E-state index in [0.717, 1.165) is 15.2 Å². The van der Waals surface area contributed by atoms with Crippen LogP contribution in [0.15, 0.2) is 54.6 Å². The van der Waals surface area contributed by atoms with E-state index in [9.17, 15) is 9.59 Å². The molecular weight excluding hydrogens is 334 g/mol. The number of fused-ring (bicyclic) bond motifs is 1. The second-order valence-electron chi connectivity index (χ2n) is 5.58. The Kier molecular flexibility index (Phi) is 5.74. The minimum atomic E-state index is -0.115. The SMILES string of the molecule is O=C(CCCNC(=O)c1ccccc1)NCc1nc2ccccc2s1. The van der Waals surface area contributed by atoms with Crippen molar-refractivity contribution in [2.24, 2.45) is 0 Å². The zero-order valence-electron chi connectivity index (χ0n) is 13.7. The quantitative estimate of drug-likeness (QED) is 0.641. The van der Waals surface area contributed by atoms with Crippen LogP contribution in [0.1, 0.15) is 28.2 Å². The van der Waals surface area contributed by atoms with Crippen molar-refractivity contribution in [2.45, 2.75) is 19.4 Å². The predicted octanol–water partition coefficient (Wildman–Crippen LogP) is 3.12. The van der Waals surface area contributed by atoms with Gasteiger partial charge in [0.2, 0.25) is 5.91 Å². The third-order valence-electron chi connectivity index (χ3n) is 3.68. The number of hydrogen-bond acceptors (Lipinski definition) is 4. The zero-order chi connectivity index (χ0) is 17.5. The van der Waals surface area contributed by atoms with Crippen LogP contribution in [0.2, 0.25) is 0 Å². The summed E-state index contributed by atoms with van der Waals surface area (Å²) in [6.07, 6.45) is 0.976. The first-order chi connectivity index (χ1) is 12.2. The maximum Gasteiger partial charge on any atom is 0.251 e. The van der Waals surface area contributed by atoms with E-state index >= 15 is 0 Å². The van der Waals surface area contributed by atoms with Gasteiger partial charge in [0.05, 0.1) is 16.8 Å². The number of aromatic nitrogens is 1. The maximum absolute atomic E-state index is 11.9. The number of nitrogens with one attached hydrogen (secondary N) is 2. The van der Waals surface area contributed by atoms with Gasteiger partial charge in [-0.25, -0.2) is 4.98 Å². The molecule has 0 atom stereocenters. The summed E-state index contributed by atoms with van der Waals surface area (Å²) in [4.78, 5) is 28.3. The third-order valence-corrected chi connectivity index (χ3v) is 4.71. The number of thiazole rings is 1. The average Bonchev–Trinajstić information content (AvgIpc) is 3.07. The fourth-order valence-corrected chi connectivity index (χ4v) is 3.31. The predicted molar refractivity (Wildman–Crippen MR) is 99.5 cm³/mol. The van der Waals surface area contributed by atoms with Crippen molar-refractivity contribution in [3.63, 3.8) is 0 Å². The number of rotatable bonds is 7. The Morgan fingerprint density at radius 1 is 0.960 bits per heavy atom.